The Bertz CT molecular complexity index is 436. The van der Waals surface area contributed by atoms with Crippen LogP contribution in [0.3, 0.4) is 0 Å². The van der Waals surface area contributed by atoms with Gasteiger partial charge in [-0.2, -0.15) is 0 Å². The number of aliphatic hydroxyl groups excluding tert-OH is 2. The SMILES string of the molecule is OC(CCBr)C(O)c1cc2ccccc2s1. The highest BCUT2D eigenvalue weighted by molar-refractivity contribution is 9.09. The van der Waals surface area contributed by atoms with Gasteiger partial charge in [-0.1, -0.05) is 34.1 Å². The van der Waals surface area contributed by atoms with Crippen LogP contribution in [0.2, 0.25) is 0 Å². The molecule has 16 heavy (non-hydrogen) atoms. The Kier molecular flexibility index (Phi) is 3.97. The van der Waals surface area contributed by atoms with Gasteiger partial charge >= 0.3 is 0 Å². The zero-order valence-corrected chi connectivity index (χ0v) is 11.0. The van der Waals surface area contributed by atoms with Gasteiger partial charge in [-0.15, -0.1) is 11.3 Å². The van der Waals surface area contributed by atoms with Crippen molar-refractivity contribution in [1.82, 2.24) is 0 Å². The number of fused-ring (bicyclic) bond motifs is 1. The molecule has 0 radical (unpaired) electrons. The molecule has 0 fully saturated rings. The van der Waals surface area contributed by atoms with Gasteiger partial charge < -0.3 is 10.2 Å². The fourth-order valence-electron chi connectivity index (χ4n) is 1.61. The van der Waals surface area contributed by atoms with Crippen molar-refractivity contribution in [2.45, 2.75) is 18.6 Å². The first kappa shape index (κ1) is 12.0. The van der Waals surface area contributed by atoms with Crippen LogP contribution in [0.15, 0.2) is 30.3 Å². The number of rotatable bonds is 4. The van der Waals surface area contributed by atoms with Crippen LogP contribution in [-0.2, 0) is 0 Å². The van der Waals surface area contributed by atoms with Crippen molar-refractivity contribution in [1.29, 1.82) is 0 Å². The average Bonchev–Trinajstić information content (AvgIpc) is 2.71. The monoisotopic (exact) mass is 300 g/mol. The smallest absolute Gasteiger partial charge is 0.114 e. The number of benzene rings is 1. The maximum absolute atomic E-state index is 9.96. The van der Waals surface area contributed by atoms with Crippen LogP contribution in [0.5, 0.6) is 0 Å². The summed E-state index contributed by atoms with van der Waals surface area (Å²) in [7, 11) is 0. The molecule has 1 aromatic carbocycles. The number of halogens is 1. The Morgan fingerprint density at radius 2 is 2.00 bits per heavy atom. The van der Waals surface area contributed by atoms with E-state index >= 15 is 0 Å². The second-order valence-electron chi connectivity index (χ2n) is 3.68. The highest BCUT2D eigenvalue weighted by atomic mass is 79.9. The first-order valence-corrected chi connectivity index (χ1v) is 7.06. The van der Waals surface area contributed by atoms with Crippen molar-refractivity contribution in [3.63, 3.8) is 0 Å². The molecule has 2 rings (SSSR count). The van der Waals surface area contributed by atoms with Crippen molar-refractivity contribution in [3.05, 3.63) is 35.2 Å². The van der Waals surface area contributed by atoms with E-state index in [1.165, 1.54) is 11.3 Å². The fraction of sp³-hybridized carbons (Fsp3) is 0.333. The van der Waals surface area contributed by atoms with Crippen LogP contribution >= 0.6 is 27.3 Å². The summed E-state index contributed by atoms with van der Waals surface area (Å²) in [6.45, 7) is 0. The van der Waals surface area contributed by atoms with E-state index in [9.17, 15) is 10.2 Å². The third kappa shape index (κ3) is 2.46. The van der Waals surface area contributed by atoms with Gasteiger partial charge in [0.15, 0.2) is 0 Å². The van der Waals surface area contributed by atoms with E-state index in [1.54, 1.807) is 0 Å². The fourth-order valence-corrected chi connectivity index (χ4v) is 3.19. The van der Waals surface area contributed by atoms with Crippen LogP contribution < -0.4 is 0 Å². The predicted octanol–water partition coefficient (Wildman–Crippen LogP) is 3.08. The first-order chi connectivity index (χ1) is 7.72. The summed E-state index contributed by atoms with van der Waals surface area (Å²) in [6, 6.07) is 9.93. The Labute approximate surface area is 107 Å². The number of hydrogen-bond acceptors (Lipinski definition) is 3. The van der Waals surface area contributed by atoms with Gasteiger partial charge in [0.25, 0.3) is 0 Å². The van der Waals surface area contributed by atoms with Crippen LogP contribution in [0, 0.1) is 0 Å². The van der Waals surface area contributed by atoms with Crippen molar-refractivity contribution in [3.8, 4) is 0 Å². The van der Waals surface area contributed by atoms with Gasteiger partial charge in [-0.05, 0) is 23.9 Å². The number of hydrogen-bond donors (Lipinski definition) is 2. The van der Waals surface area contributed by atoms with Crippen molar-refractivity contribution in [2.24, 2.45) is 0 Å². The zero-order chi connectivity index (χ0) is 11.5. The lowest BCUT2D eigenvalue weighted by Gasteiger charge is -2.14. The Morgan fingerprint density at radius 3 is 2.69 bits per heavy atom. The minimum Gasteiger partial charge on any atom is -0.390 e. The topological polar surface area (TPSA) is 40.5 Å². The molecule has 2 unspecified atom stereocenters. The Balaban J connectivity index is 2.26. The molecule has 1 heterocycles. The molecule has 4 heteroatoms. The van der Waals surface area contributed by atoms with Crippen molar-refractivity contribution < 1.29 is 10.2 Å². The van der Waals surface area contributed by atoms with E-state index in [2.05, 4.69) is 15.9 Å². The molecule has 2 nitrogen and oxygen atoms in total. The summed E-state index contributed by atoms with van der Waals surface area (Å²) in [5.74, 6) is 0. The van der Waals surface area contributed by atoms with Crippen LogP contribution in [0.4, 0.5) is 0 Å². The molecule has 0 saturated heterocycles. The zero-order valence-electron chi connectivity index (χ0n) is 8.64. The first-order valence-electron chi connectivity index (χ1n) is 5.13. The minimum atomic E-state index is -0.782. The van der Waals surface area contributed by atoms with Crippen LogP contribution in [0.25, 0.3) is 10.1 Å². The lowest BCUT2D eigenvalue weighted by atomic mass is 10.1. The largest absolute Gasteiger partial charge is 0.390 e. The van der Waals surface area contributed by atoms with E-state index in [4.69, 9.17) is 0 Å². The molecular formula is C12H13BrO2S. The van der Waals surface area contributed by atoms with E-state index < -0.39 is 12.2 Å². The lowest BCUT2D eigenvalue weighted by molar-refractivity contribution is 0.0196. The lowest BCUT2D eigenvalue weighted by Crippen LogP contribution is -2.17. The third-order valence-electron chi connectivity index (χ3n) is 2.51. The van der Waals surface area contributed by atoms with Gasteiger partial charge in [0.1, 0.15) is 6.10 Å². The van der Waals surface area contributed by atoms with E-state index in [0.29, 0.717) is 11.8 Å². The van der Waals surface area contributed by atoms with Crippen molar-refractivity contribution in [2.75, 3.05) is 5.33 Å². The molecule has 0 amide bonds. The molecule has 2 aromatic rings. The highest BCUT2D eigenvalue weighted by Gasteiger charge is 2.19. The summed E-state index contributed by atoms with van der Waals surface area (Å²) in [5.41, 5.74) is 0. The molecule has 2 atom stereocenters. The summed E-state index contributed by atoms with van der Waals surface area (Å²) in [5, 5.41) is 21.5. The highest BCUT2D eigenvalue weighted by Crippen LogP contribution is 2.31. The molecular weight excluding hydrogens is 288 g/mol. The Hall–Kier alpha value is -0.420. The number of alkyl halides is 1. The Morgan fingerprint density at radius 1 is 1.25 bits per heavy atom. The molecule has 2 N–H and O–H groups in total. The molecule has 0 spiro atoms. The van der Waals surface area contributed by atoms with Gasteiger partial charge in [0, 0.05) is 14.9 Å². The van der Waals surface area contributed by atoms with Crippen molar-refractivity contribution >= 4 is 37.4 Å². The second kappa shape index (κ2) is 5.27. The molecule has 1 aromatic heterocycles. The van der Waals surface area contributed by atoms with E-state index in [0.717, 1.165) is 15.0 Å². The molecule has 0 saturated carbocycles. The van der Waals surface area contributed by atoms with E-state index in [-0.39, 0.29) is 0 Å². The summed E-state index contributed by atoms with van der Waals surface area (Å²) in [4.78, 5) is 0.828. The molecule has 0 aliphatic rings. The molecule has 0 bridgehead atoms. The molecule has 0 aliphatic carbocycles. The summed E-state index contributed by atoms with van der Waals surface area (Å²) >= 11 is 4.79. The molecule has 0 aliphatic heterocycles. The van der Waals surface area contributed by atoms with Gasteiger partial charge in [0.2, 0.25) is 0 Å². The number of aliphatic hydroxyl groups is 2. The minimum absolute atomic E-state index is 0.551. The van der Waals surface area contributed by atoms with Gasteiger partial charge in [-0.3, -0.25) is 0 Å². The summed E-state index contributed by atoms with van der Waals surface area (Å²) in [6.07, 6.45) is -0.933. The summed E-state index contributed by atoms with van der Waals surface area (Å²) < 4.78 is 1.14. The normalized spacial score (nSPS) is 15.2. The van der Waals surface area contributed by atoms with Gasteiger partial charge in [0.05, 0.1) is 6.10 Å². The molecule has 86 valence electrons. The standard InChI is InChI=1S/C12H13BrO2S/c13-6-5-9(14)12(15)11-7-8-3-1-2-4-10(8)16-11/h1-4,7,9,12,14-15H,5-6H2. The average molecular weight is 301 g/mol. The maximum atomic E-state index is 9.96. The number of thiophene rings is 1. The van der Waals surface area contributed by atoms with Crippen LogP contribution in [0.1, 0.15) is 17.4 Å². The third-order valence-corrected chi connectivity index (χ3v) is 4.15. The maximum Gasteiger partial charge on any atom is 0.114 e. The quantitative estimate of drug-likeness (QED) is 0.852. The second-order valence-corrected chi connectivity index (χ2v) is 5.58. The van der Waals surface area contributed by atoms with E-state index in [1.807, 2.05) is 30.3 Å². The van der Waals surface area contributed by atoms with Crippen LogP contribution in [-0.4, -0.2) is 21.6 Å². The predicted molar refractivity (Wildman–Crippen MR) is 71.2 cm³/mol. The van der Waals surface area contributed by atoms with Gasteiger partial charge in [-0.25, -0.2) is 0 Å².